The average Bonchev–Trinajstić information content (AvgIpc) is 2.20. The van der Waals surface area contributed by atoms with E-state index in [0.717, 1.165) is 32.2 Å². The second-order valence-electron chi connectivity index (χ2n) is 5.14. The molecule has 94 valence electrons. The normalized spacial score (nSPS) is 28.0. The van der Waals surface area contributed by atoms with Crippen LogP contribution in [-0.2, 0) is 4.79 Å². The maximum atomic E-state index is 11.0. The highest BCUT2D eigenvalue weighted by molar-refractivity contribution is 5.73. The summed E-state index contributed by atoms with van der Waals surface area (Å²) in [6.07, 6.45) is 3.56. The number of aliphatic hydroxyl groups excluding tert-OH is 1. The van der Waals surface area contributed by atoms with Crippen LogP contribution in [0.2, 0.25) is 0 Å². The molecular formula is C12H23NO3. The standard InChI is InChI=1S/C12H23NO3/c1-8(2)11(12(15)16)13-7-9-3-5-10(14)6-4-9/h8-11,13-14H,3-7H2,1-2H3,(H,15,16). The maximum absolute atomic E-state index is 11.0. The van der Waals surface area contributed by atoms with Crippen molar-refractivity contribution in [3.8, 4) is 0 Å². The van der Waals surface area contributed by atoms with E-state index in [1.165, 1.54) is 0 Å². The van der Waals surface area contributed by atoms with Gasteiger partial charge in [-0.1, -0.05) is 13.8 Å². The number of hydrogen-bond donors (Lipinski definition) is 3. The Morgan fingerprint density at radius 3 is 2.31 bits per heavy atom. The smallest absolute Gasteiger partial charge is 0.320 e. The second-order valence-corrected chi connectivity index (χ2v) is 5.14. The van der Waals surface area contributed by atoms with E-state index < -0.39 is 12.0 Å². The van der Waals surface area contributed by atoms with Crippen molar-refractivity contribution in [1.82, 2.24) is 5.32 Å². The van der Waals surface area contributed by atoms with E-state index in [1.54, 1.807) is 0 Å². The van der Waals surface area contributed by atoms with Crippen molar-refractivity contribution in [1.29, 1.82) is 0 Å². The van der Waals surface area contributed by atoms with Gasteiger partial charge in [0.05, 0.1) is 6.10 Å². The molecule has 0 amide bonds. The van der Waals surface area contributed by atoms with E-state index in [1.807, 2.05) is 13.8 Å². The first-order chi connectivity index (χ1) is 7.50. The number of carboxylic acid groups (broad SMARTS) is 1. The third-order valence-corrected chi connectivity index (χ3v) is 3.38. The minimum Gasteiger partial charge on any atom is -0.480 e. The second kappa shape index (κ2) is 6.21. The van der Waals surface area contributed by atoms with Crippen LogP contribution in [0.1, 0.15) is 39.5 Å². The molecule has 0 aromatic heterocycles. The molecule has 4 nitrogen and oxygen atoms in total. The summed E-state index contributed by atoms with van der Waals surface area (Å²) in [5, 5.41) is 21.5. The molecule has 0 bridgehead atoms. The predicted octanol–water partition coefficient (Wildman–Crippen LogP) is 1.24. The van der Waals surface area contributed by atoms with Gasteiger partial charge in [-0.15, -0.1) is 0 Å². The summed E-state index contributed by atoms with van der Waals surface area (Å²) in [5.41, 5.74) is 0. The van der Waals surface area contributed by atoms with Crippen molar-refractivity contribution in [3.05, 3.63) is 0 Å². The molecule has 1 aliphatic carbocycles. The first kappa shape index (κ1) is 13.5. The number of carbonyl (C=O) groups is 1. The number of aliphatic carboxylic acids is 1. The van der Waals surface area contributed by atoms with E-state index in [9.17, 15) is 9.90 Å². The van der Waals surface area contributed by atoms with Crippen LogP contribution in [0.15, 0.2) is 0 Å². The molecular weight excluding hydrogens is 206 g/mol. The monoisotopic (exact) mass is 229 g/mol. The molecule has 1 fully saturated rings. The van der Waals surface area contributed by atoms with Gasteiger partial charge in [-0.2, -0.15) is 0 Å². The molecule has 0 radical (unpaired) electrons. The number of rotatable bonds is 5. The fourth-order valence-electron chi connectivity index (χ4n) is 2.25. The Hall–Kier alpha value is -0.610. The molecule has 1 aliphatic rings. The Balaban J connectivity index is 2.29. The van der Waals surface area contributed by atoms with Gasteiger partial charge in [0.1, 0.15) is 6.04 Å². The summed E-state index contributed by atoms with van der Waals surface area (Å²) < 4.78 is 0. The van der Waals surface area contributed by atoms with Gasteiger partial charge in [0, 0.05) is 0 Å². The summed E-state index contributed by atoms with van der Waals surface area (Å²) >= 11 is 0. The molecule has 1 atom stereocenters. The molecule has 0 aromatic rings. The minimum atomic E-state index is -0.772. The number of hydrogen-bond acceptors (Lipinski definition) is 3. The van der Waals surface area contributed by atoms with Crippen molar-refractivity contribution in [3.63, 3.8) is 0 Å². The number of carboxylic acids is 1. The van der Waals surface area contributed by atoms with Gasteiger partial charge in [0.25, 0.3) is 0 Å². The van der Waals surface area contributed by atoms with Crippen molar-refractivity contribution in [2.45, 2.75) is 51.7 Å². The zero-order valence-corrected chi connectivity index (χ0v) is 10.1. The average molecular weight is 229 g/mol. The Morgan fingerprint density at radius 1 is 1.31 bits per heavy atom. The summed E-state index contributed by atoms with van der Waals surface area (Å²) in [6, 6.07) is -0.452. The van der Waals surface area contributed by atoms with Gasteiger partial charge in [0.2, 0.25) is 0 Å². The van der Waals surface area contributed by atoms with Crippen LogP contribution < -0.4 is 5.32 Å². The van der Waals surface area contributed by atoms with Crippen LogP contribution >= 0.6 is 0 Å². The largest absolute Gasteiger partial charge is 0.480 e. The summed E-state index contributed by atoms with van der Waals surface area (Å²) in [6.45, 7) is 4.58. The molecule has 1 unspecified atom stereocenters. The van der Waals surface area contributed by atoms with E-state index in [4.69, 9.17) is 5.11 Å². The van der Waals surface area contributed by atoms with Crippen molar-refractivity contribution in [2.75, 3.05) is 6.54 Å². The molecule has 3 N–H and O–H groups in total. The molecule has 1 rings (SSSR count). The van der Waals surface area contributed by atoms with Crippen LogP contribution in [-0.4, -0.2) is 34.9 Å². The highest BCUT2D eigenvalue weighted by Crippen LogP contribution is 2.23. The molecule has 4 heteroatoms. The molecule has 16 heavy (non-hydrogen) atoms. The SMILES string of the molecule is CC(C)C(NCC1CCC(O)CC1)C(=O)O. The molecule has 0 aromatic carbocycles. The van der Waals surface area contributed by atoms with Crippen molar-refractivity contribution >= 4 is 5.97 Å². The third-order valence-electron chi connectivity index (χ3n) is 3.38. The van der Waals surface area contributed by atoms with Crippen LogP contribution in [0.25, 0.3) is 0 Å². The minimum absolute atomic E-state index is 0.103. The Morgan fingerprint density at radius 2 is 1.88 bits per heavy atom. The zero-order valence-electron chi connectivity index (χ0n) is 10.1. The van der Waals surface area contributed by atoms with Gasteiger partial charge < -0.3 is 15.5 Å². The number of aliphatic hydroxyl groups is 1. The third kappa shape index (κ3) is 4.10. The highest BCUT2D eigenvalue weighted by Gasteiger charge is 2.24. The highest BCUT2D eigenvalue weighted by atomic mass is 16.4. The van der Waals surface area contributed by atoms with Gasteiger partial charge >= 0.3 is 5.97 Å². The molecule has 1 saturated carbocycles. The summed E-state index contributed by atoms with van der Waals surface area (Å²) in [7, 11) is 0. The van der Waals surface area contributed by atoms with E-state index in [0.29, 0.717) is 5.92 Å². The van der Waals surface area contributed by atoms with Crippen molar-refractivity contribution < 1.29 is 15.0 Å². The maximum Gasteiger partial charge on any atom is 0.320 e. The van der Waals surface area contributed by atoms with E-state index >= 15 is 0 Å². The van der Waals surface area contributed by atoms with E-state index in [-0.39, 0.29) is 12.0 Å². The quantitative estimate of drug-likeness (QED) is 0.663. The summed E-state index contributed by atoms with van der Waals surface area (Å²) in [4.78, 5) is 11.0. The van der Waals surface area contributed by atoms with Gasteiger partial charge in [-0.3, -0.25) is 4.79 Å². The predicted molar refractivity (Wildman–Crippen MR) is 62.2 cm³/mol. The first-order valence-corrected chi connectivity index (χ1v) is 6.15. The lowest BCUT2D eigenvalue weighted by Crippen LogP contribution is -2.43. The first-order valence-electron chi connectivity index (χ1n) is 6.15. The Kier molecular flexibility index (Phi) is 5.22. The van der Waals surface area contributed by atoms with Gasteiger partial charge in [-0.25, -0.2) is 0 Å². The van der Waals surface area contributed by atoms with Crippen LogP contribution in [0.4, 0.5) is 0 Å². The zero-order chi connectivity index (χ0) is 12.1. The summed E-state index contributed by atoms with van der Waals surface area (Å²) in [5.74, 6) is -0.151. The van der Waals surface area contributed by atoms with Gasteiger partial charge in [-0.05, 0) is 44.1 Å². The molecule has 0 aliphatic heterocycles. The Bertz CT molecular complexity index is 222. The number of nitrogens with one attached hydrogen (secondary N) is 1. The fraction of sp³-hybridized carbons (Fsp3) is 0.917. The topological polar surface area (TPSA) is 69.6 Å². The lowest BCUT2D eigenvalue weighted by atomic mass is 9.87. The van der Waals surface area contributed by atoms with Crippen LogP contribution in [0, 0.1) is 11.8 Å². The van der Waals surface area contributed by atoms with Crippen LogP contribution in [0.3, 0.4) is 0 Å². The van der Waals surface area contributed by atoms with Crippen molar-refractivity contribution in [2.24, 2.45) is 11.8 Å². The van der Waals surface area contributed by atoms with Crippen LogP contribution in [0.5, 0.6) is 0 Å². The molecule has 0 spiro atoms. The lowest BCUT2D eigenvalue weighted by Gasteiger charge is -2.27. The Labute approximate surface area is 97.0 Å². The fourth-order valence-corrected chi connectivity index (χ4v) is 2.25. The van der Waals surface area contributed by atoms with E-state index in [2.05, 4.69) is 5.32 Å². The molecule has 0 heterocycles. The molecule has 0 saturated heterocycles. The lowest BCUT2D eigenvalue weighted by molar-refractivity contribution is -0.140. The van der Waals surface area contributed by atoms with Gasteiger partial charge in [0.15, 0.2) is 0 Å².